The molecule has 0 amide bonds. The molecule has 1 aromatic rings. The van der Waals surface area contributed by atoms with E-state index in [9.17, 15) is 0 Å². The summed E-state index contributed by atoms with van der Waals surface area (Å²) in [6.45, 7) is 0.894. The first-order valence-electron chi connectivity index (χ1n) is 7.03. The summed E-state index contributed by atoms with van der Waals surface area (Å²) in [5.41, 5.74) is 7.02. The molecule has 4 heteroatoms. The third-order valence-corrected chi connectivity index (χ3v) is 5.82. The topological polar surface area (TPSA) is 35.2 Å². The molecule has 1 unspecified atom stereocenters. The first kappa shape index (κ1) is 13.6. The van der Waals surface area contributed by atoms with Crippen molar-refractivity contribution in [2.24, 2.45) is 0 Å². The average Bonchev–Trinajstić information content (AvgIpc) is 2.81. The maximum Gasteiger partial charge on any atom is 0.0693 e. The molecule has 3 rings (SSSR count). The molecule has 1 saturated heterocycles. The van der Waals surface area contributed by atoms with Gasteiger partial charge in [-0.05, 0) is 43.9 Å². The molecule has 2 N–H and O–H groups in total. The van der Waals surface area contributed by atoms with Crippen molar-refractivity contribution >= 4 is 29.1 Å². The Morgan fingerprint density at radius 3 is 2.84 bits per heavy atom. The second kappa shape index (κ2) is 5.55. The number of nitrogens with two attached hydrogens (primary N) is 1. The Kier molecular flexibility index (Phi) is 3.97. The summed E-state index contributed by atoms with van der Waals surface area (Å²) in [6, 6.07) is 5.80. The van der Waals surface area contributed by atoms with Crippen molar-refractivity contribution in [1.29, 1.82) is 0 Å². The van der Waals surface area contributed by atoms with Gasteiger partial charge in [-0.25, -0.2) is 0 Å². The van der Waals surface area contributed by atoms with Gasteiger partial charge >= 0.3 is 0 Å². The Morgan fingerprint density at radius 2 is 2.11 bits per heavy atom. The molecule has 19 heavy (non-hydrogen) atoms. The molecule has 1 atom stereocenters. The van der Waals surface area contributed by atoms with Gasteiger partial charge in [0.15, 0.2) is 0 Å². The minimum Gasteiger partial charge on any atom is -0.398 e. The Morgan fingerprint density at radius 1 is 1.32 bits per heavy atom. The summed E-state index contributed by atoms with van der Waals surface area (Å²) in [5, 5.41) is 1.33. The SMILES string of the molecule is Nc1cc(Cl)ccc1SC1CCOC2(CCCC2)C1. The Bertz CT molecular complexity index is 459. The second-order valence-electron chi connectivity index (χ2n) is 5.65. The maximum absolute atomic E-state index is 6.08. The molecule has 1 saturated carbocycles. The molecule has 2 fully saturated rings. The van der Waals surface area contributed by atoms with Crippen LogP contribution in [-0.4, -0.2) is 17.5 Å². The number of hydrogen-bond donors (Lipinski definition) is 1. The summed E-state index contributed by atoms with van der Waals surface area (Å²) < 4.78 is 6.08. The van der Waals surface area contributed by atoms with Crippen LogP contribution in [0.3, 0.4) is 0 Å². The molecular formula is C15H20ClNOS. The third-order valence-electron chi connectivity index (χ3n) is 4.23. The zero-order chi connectivity index (χ0) is 13.3. The van der Waals surface area contributed by atoms with Gasteiger partial charge in [0, 0.05) is 27.5 Å². The van der Waals surface area contributed by atoms with Crippen molar-refractivity contribution in [3.63, 3.8) is 0 Å². The second-order valence-corrected chi connectivity index (χ2v) is 7.43. The van der Waals surface area contributed by atoms with Crippen LogP contribution in [0.2, 0.25) is 5.02 Å². The number of nitrogen functional groups attached to an aromatic ring is 1. The van der Waals surface area contributed by atoms with E-state index in [2.05, 4.69) is 0 Å². The summed E-state index contributed by atoms with van der Waals surface area (Å²) >= 11 is 7.85. The fourth-order valence-corrected chi connectivity index (χ4v) is 4.74. The van der Waals surface area contributed by atoms with Crippen molar-refractivity contribution in [2.75, 3.05) is 12.3 Å². The van der Waals surface area contributed by atoms with Crippen molar-refractivity contribution < 1.29 is 4.74 Å². The largest absolute Gasteiger partial charge is 0.398 e. The highest BCUT2D eigenvalue weighted by Gasteiger charge is 2.40. The summed E-state index contributed by atoms with van der Waals surface area (Å²) in [7, 11) is 0. The van der Waals surface area contributed by atoms with Gasteiger partial charge in [0.1, 0.15) is 0 Å². The molecule has 0 aromatic heterocycles. The minimum atomic E-state index is 0.178. The van der Waals surface area contributed by atoms with E-state index in [1.807, 2.05) is 30.0 Å². The number of halogens is 1. The highest BCUT2D eigenvalue weighted by molar-refractivity contribution is 8.00. The number of benzene rings is 1. The van der Waals surface area contributed by atoms with Gasteiger partial charge in [-0.3, -0.25) is 0 Å². The smallest absolute Gasteiger partial charge is 0.0693 e. The molecule has 1 aromatic carbocycles. The van der Waals surface area contributed by atoms with Crippen molar-refractivity contribution in [1.82, 2.24) is 0 Å². The van der Waals surface area contributed by atoms with Crippen LogP contribution in [0.15, 0.2) is 23.1 Å². The van der Waals surface area contributed by atoms with E-state index in [4.69, 9.17) is 22.1 Å². The maximum atomic E-state index is 6.08. The lowest BCUT2D eigenvalue weighted by Gasteiger charge is -2.38. The predicted octanol–water partition coefficient (Wildman–Crippen LogP) is 4.51. The van der Waals surface area contributed by atoms with Gasteiger partial charge in [0.05, 0.1) is 5.60 Å². The average molecular weight is 298 g/mol. The van der Waals surface area contributed by atoms with Crippen LogP contribution in [0.1, 0.15) is 38.5 Å². The number of hydrogen-bond acceptors (Lipinski definition) is 3. The fraction of sp³-hybridized carbons (Fsp3) is 0.600. The summed E-state index contributed by atoms with van der Waals surface area (Å²) in [5.74, 6) is 0. The third kappa shape index (κ3) is 3.04. The van der Waals surface area contributed by atoms with E-state index < -0.39 is 0 Å². The van der Waals surface area contributed by atoms with Crippen molar-refractivity contribution in [3.8, 4) is 0 Å². The zero-order valence-electron chi connectivity index (χ0n) is 11.0. The number of thioether (sulfide) groups is 1. The van der Waals surface area contributed by atoms with Gasteiger partial charge in [-0.15, -0.1) is 11.8 Å². The lowest BCUT2D eigenvalue weighted by Crippen LogP contribution is -2.38. The highest BCUT2D eigenvalue weighted by atomic mass is 35.5. The van der Waals surface area contributed by atoms with E-state index in [0.29, 0.717) is 10.3 Å². The minimum absolute atomic E-state index is 0.178. The molecule has 1 aliphatic heterocycles. The van der Waals surface area contributed by atoms with Crippen LogP contribution in [0.25, 0.3) is 0 Å². The van der Waals surface area contributed by atoms with Gasteiger partial charge in [0.25, 0.3) is 0 Å². The van der Waals surface area contributed by atoms with Crippen LogP contribution in [-0.2, 0) is 4.74 Å². The molecule has 104 valence electrons. The van der Waals surface area contributed by atoms with Gasteiger partial charge < -0.3 is 10.5 Å². The molecule has 2 aliphatic rings. The Labute approximate surface area is 124 Å². The first-order chi connectivity index (χ1) is 9.17. The summed E-state index contributed by atoms with van der Waals surface area (Å²) in [6.07, 6.45) is 7.40. The molecule has 0 bridgehead atoms. The number of rotatable bonds is 2. The van der Waals surface area contributed by atoms with E-state index in [1.165, 1.54) is 32.1 Å². The summed E-state index contributed by atoms with van der Waals surface area (Å²) in [4.78, 5) is 1.16. The van der Waals surface area contributed by atoms with Gasteiger partial charge in [-0.2, -0.15) is 0 Å². The van der Waals surface area contributed by atoms with Crippen molar-refractivity contribution in [3.05, 3.63) is 23.2 Å². The lowest BCUT2D eigenvalue weighted by molar-refractivity contribution is -0.0703. The van der Waals surface area contributed by atoms with E-state index in [-0.39, 0.29) is 5.60 Å². The quantitative estimate of drug-likeness (QED) is 0.816. The molecule has 0 radical (unpaired) electrons. The number of ether oxygens (including phenoxy) is 1. The van der Waals surface area contributed by atoms with Gasteiger partial charge in [0.2, 0.25) is 0 Å². The van der Waals surface area contributed by atoms with Crippen LogP contribution in [0.4, 0.5) is 5.69 Å². The highest BCUT2D eigenvalue weighted by Crippen LogP contribution is 2.45. The zero-order valence-corrected chi connectivity index (χ0v) is 12.6. The normalized spacial score (nSPS) is 25.8. The first-order valence-corrected chi connectivity index (χ1v) is 8.28. The molecule has 1 heterocycles. The van der Waals surface area contributed by atoms with E-state index in [1.54, 1.807) is 0 Å². The van der Waals surface area contributed by atoms with Crippen LogP contribution < -0.4 is 5.73 Å². The van der Waals surface area contributed by atoms with E-state index in [0.717, 1.165) is 23.6 Å². The van der Waals surface area contributed by atoms with Gasteiger partial charge in [-0.1, -0.05) is 24.4 Å². The lowest BCUT2D eigenvalue weighted by atomic mass is 9.92. The van der Waals surface area contributed by atoms with Crippen LogP contribution in [0, 0.1) is 0 Å². The Hall–Kier alpha value is -0.380. The Balaban J connectivity index is 1.69. The van der Waals surface area contributed by atoms with E-state index >= 15 is 0 Å². The molecule has 1 spiro atoms. The van der Waals surface area contributed by atoms with Crippen LogP contribution >= 0.6 is 23.4 Å². The molecular weight excluding hydrogens is 278 g/mol. The molecule has 2 nitrogen and oxygen atoms in total. The molecule has 1 aliphatic carbocycles. The monoisotopic (exact) mass is 297 g/mol. The van der Waals surface area contributed by atoms with Crippen molar-refractivity contribution in [2.45, 2.75) is 54.3 Å². The van der Waals surface area contributed by atoms with Crippen LogP contribution in [0.5, 0.6) is 0 Å². The number of anilines is 1. The predicted molar refractivity (Wildman–Crippen MR) is 81.9 cm³/mol. The standard InChI is InChI=1S/C15H20ClNOS/c16-11-3-4-14(13(17)9-11)19-12-5-8-18-15(10-12)6-1-2-7-15/h3-4,9,12H,1-2,5-8,10,17H2. The fourth-order valence-electron chi connectivity index (χ4n) is 3.26.